The number of nitrogens with one attached hydrogen (secondary N) is 1. The number of hydrazine groups is 1. The number of guanidine groups is 1. The van der Waals surface area contributed by atoms with Crippen molar-refractivity contribution in [1.29, 1.82) is 0 Å². The Morgan fingerprint density at radius 3 is 2.65 bits per heavy atom. The number of nitrogens with two attached hydrogens (primary N) is 1. The molecule has 0 aliphatic carbocycles. The Kier molecular flexibility index (Phi) is 4.97. The standard InChI is InChI=1S/C13H22N4/c1-5-17(13(16-14)15-10(2)3)12-8-6-7-11(4)9-12/h6-10H,5,14H2,1-4H3,(H,15,16). The molecule has 0 saturated heterocycles. The Bertz CT molecular complexity index is 385. The molecule has 0 atom stereocenters. The third-order valence-electron chi connectivity index (χ3n) is 2.39. The summed E-state index contributed by atoms with van der Waals surface area (Å²) in [6, 6.07) is 8.50. The summed E-state index contributed by atoms with van der Waals surface area (Å²) < 4.78 is 0. The molecule has 0 spiro atoms. The summed E-state index contributed by atoms with van der Waals surface area (Å²) in [5, 5.41) is 0. The van der Waals surface area contributed by atoms with Gasteiger partial charge in [0.1, 0.15) is 0 Å². The van der Waals surface area contributed by atoms with E-state index in [9.17, 15) is 0 Å². The highest BCUT2D eigenvalue weighted by Gasteiger charge is 2.11. The van der Waals surface area contributed by atoms with Crippen molar-refractivity contribution in [2.24, 2.45) is 10.8 Å². The molecule has 0 fully saturated rings. The van der Waals surface area contributed by atoms with Crippen molar-refractivity contribution < 1.29 is 0 Å². The van der Waals surface area contributed by atoms with Crippen LogP contribution in [0, 0.1) is 6.92 Å². The lowest BCUT2D eigenvalue weighted by Crippen LogP contribution is -2.45. The lowest BCUT2D eigenvalue weighted by molar-refractivity contribution is 0.802. The van der Waals surface area contributed by atoms with Crippen LogP contribution in [0.2, 0.25) is 0 Å². The van der Waals surface area contributed by atoms with Gasteiger partial charge in [0.25, 0.3) is 0 Å². The monoisotopic (exact) mass is 234 g/mol. The number of aliphatic imine (C=N–C) groups is 1. The zero-order valence-electron chi connectivity index (χ0n) is 11.1. The van der Waals surface area contributed by atoms with Crippen molar-refractivity contribution in [2.45, 2.75) is 33.7 Å². The van der Waals surface area contributed by atoms with Gasteiger partial charge in [-0.25, -0.2) is 10.8 Å². The molecule has 1 aromatic carbocycles. The Hall–Kier alpha value is -1.55. The Morgan fingerprint density at radius 2 is 2.18 bits per heavy atom. The van der Waals surface area contributed by atoms with E-state index < -0.39 is 0 Å². The summed E-state index contributed by atoms with van der Waals surface area (Å²) in [5.41, 5.74) is 5.00. The molecule has 4 nitrogen and oxygen atoms in total. The maximum Gasteiger partial charge on any atom is 0.213 e. The number of hydrogen-bond donors (Lipinski definition) is 2. The summed E-state index contributed by atoms with van der Waals surface area (Å²) in [7, 11) is 0. The van der Waals surface area contributed by atoms with Gasteiger partial charge in [-0.3, -0.25) is 5.43 Å². The Labute approximate surface area is 104 Å². The number of nitrogens with zero attached hydrogens (tertiary/aromatic N) is 2. The number of anilines is 1. The Balaban J connectivity index is 3.05. The first-order chi connectivity index (χ1) is 8.08. The second-order valence-electron chi connectivity index (χ2n) is 4.27. The fourth-order valence-corrected chi connectivity index (χ4v) is 1.68. The number of benzene rings is 1. The van der Waals surface area contributed by atoms with E-state index in [0.29, 0.717) is 5.96 Å². The highest BCUT2D eigenvalue weighted by molar-refractivity contribution is 5.95. The molecule has 0 aliphatic heterocycles. The molecule has 0 amide bonds. The fourth-order valence-electron chi connectivity index (χ4n) is 1.68. The van der Waals surface area contributed by atoms with E-state index in [1.54, 1.807) is 0 Å². The van der Waals surface area contributed by atoms with Crippen LogP contribution in [0.3, 0.4) is 0 Å². The van der Waals surface area contributed by atoms with Gasteiger partial charge in [0.15, 0.2) is 0 Å². The first-order valence-corrected chi connectivity index (χ1v) is 5.97. The quantitative estimate of drug-likeness (QED) is 0.364. The van der Waals surface area contributed by atoms with E-state index in [2.05, 4.69) is 47.4 Å². The third-order valence-corrected chi connectivity index (χ3v) is 2.39. The highest BCUT2D eigenvalue weighted by Crippen LogP contribution is 2.15. The van der Waals surface area contributed by atoms with E-state index in [4.69, 9.17) is 5.84 Å². The average Bonchev–Trinajstić information content (AvgIpc) is 2.28. The summed E-state index contributed by atoms with van der Waals surface area (Å²) in [4.78, 5) is 6.54. The van der Waals surface area contributed by atoms with Crippen molar-refractivity contribution in [2.75, 3.05) is 11.4 Å². The minimum Gasteiger partial charge on any atom is -0.312 e. The molecule has 0 heterocycles. The van der Waals surface area contributed by atoms with E-state index in [1.807, 2.05) is 19.9 Å². The topological polar surface area (TPSA) is 53.6 Å². The summed E-state index contributed by atoms with van der Waals surface area (Å²) in [5.74, 6) is 6.25. The molecule has 1 rings (SSSR count). The smallest absolute Gasteiger partial charge is 0.213 e. The van der Waals surface area contributed by atoms with Gasteiger partial charge in [0, 0.05) is 18.3 Å². The van der Waals surface area contributed by atoms with Crippen LogP contribution in [0.15, 0.2) is 29.3 Å². The van der Waals surface area contributed by atoms with Crippen LogP contribution in [-0.2, 0) is 0 Å². The predicted molar refractivity (Wildman–Crippen MR) is 74.1 cm³/mol. The second kappa shape index (κ2) is 6.25. The van der Waals surface area contributed by atoms with Gasteiger partial charge in [-0.05, 0) is 45.4 Å². The molecule has 17 heavy (non-hydrogen) atoms. The van der Waals surface area contributed by atoms with Crippen LogP contribution in [0.4, 0.5) is 5.69 Å². The van der Waals surface area contributed by atoms with Crippen LogP contribution < -0.4 is 16.2 Å². The summed E-state index contributed by atoms with van der Waals surface area (Å²) >= 11 is 0. The molecular weight excluding hydrogens is 212 g/mol. The van der Waals surface area contributed by atoms with Crippen LogP contribution in [-0.4, -0.2) is 18.5 Å². The van der Waals surface area contributed by atoms with Gasteiger partial charge in [0.2, 0.25) is 5.96 Å². The lowest BCUT2D eigenvalue weighted by atomic mass is 10.2. The van der Waals surface area contributed by atoms with Gasteiger partial charge < -0.3 is 4.90 Å². The van der Waals surface area contributed by atoms with Crippen molar-refractivity contribution in [3.63, 3.8) is 0 Å². The molecular formula is C13H22N4. The van der Waals surface area contributed by atoms with Crippen LogP contribution in [0.25, 0.3) is 0 Å². The molecule has 1 aromatic rings. The molecule has 94 valence electrons. The van der Waals surface area contributed by atoms with Gasteiger partial charge in [-0.15, -0.1) is 0 Å². The summed E-state index contributed by atoms with van der Waals surface area (Å²) in [6.45, 7) is 9.03. The van der Waals surface area contributed by atoms with Gasteiger partial charge in [-0.1, -0.05) is 12.1 Å². The van der Waals surface area contributed by atoms with Crippen LogP contribution in [0.1, 0.15) is 26.3 Å². The van der Waals surface area contributed by atoms with E-state index >= 15 is 0 Å². The maximum atomic E-state index is 5.55. The minimum absolute atomic E-state index is 0.208. The molecule has 0 bridgehead atoms. The Morgan fingerprint density at radius 1 is 1.47 bits per heavy atom. The number of rotatable bonds is 3. The van der Waals surface area contributed by atoms with Crippen molar-refractivity contribution >= 4 is 11.6 Å². The average molecular weight is 234 g/mol. The van der Waals surface area contributed by atoms with E-state index in [0.717, 1.165) is 12.2 Å². The van der Waals surface area contributed by atoms with Gasteiger partial charge in [0.05, 0.1) is 0 Å². The maximum absolute atomic E-state index is 5.55. The zero-order valence-corrected chi connectivity index (χ0v) is 11.1. The normalized spacial score (nSPS) is 11.8. The van der Waals surface area contributed by atoms with E-state index in [1.165, 1.54) is 5.56 Å². The lowest BCUT2D eigenvalue weighted by Gasteiger charge is -2.25. The molecule has 0 aromatic heterocycles. The first kappa shape index (κ1) is 13.5. The molecule has 4 heteroatoms. The van der Waals surface area contributed by atoms with Gasteiger partial charge in [-0.2, -0.15) is 0 Å². The van der Waals surface area contributed by atoms with E-state index in [-0.39, 0.29) is 6.04 Å². The molecule has 0 saturated carbocycles. The zero-order chi connectivity index (χ0) is 12.8. The first-order valence-electron chi connectivity index (χ1n) is 5.97. The largest absolute Gasteiger partial charge is 0.312 e. The molecule has 0 aliphatic rings. The number of hydrogen-bond acceptors (Lipinski definition) is 2. The van der Waals surface area contributed by atoms with Crippen molar-refractivity contribution in [1.82, 2.24) is 5.43 Å². The van der Waals surface area contributed by atoms with Crippen LogP contribution in [0.5, 0.6) is 0 Å². The predicted octanol–water partition coefficient (Wildman–Crippen LogP) is 2.05. The number of aryl methyl sites for hydroxylation is 1. The second-order valence-corrected chi connectivity index (χ2v) is 4.27. The minimum atomic E-state index is 0.208. The van der Waals surface area contributed by atoms with Crippen LogP contribution >= 0.6 is 0 Å². The SMILES string of the molecule is CCN(C(=NC(C)C)NN)c1cccc(C)c1. The van der Waals surface area contributed by atoms with Gasteiger partial charge >= 0.3 is 0 Å². The highest BCUT2D eigenvalue weighted by atomic mass is 15.4. The fraction of sp³-hybridized carbons (Fsp3) is 0.462. The third kappa shape index (κ3) is 3.75. The molecule has 0 radical (unpaired) electrons. The van der Waals surface area contributed by atoms with Crippen molar-refractivity contribution in [3.05, 3.63) is 29.8 Å². The molecule has 3 N–H and O–H groups in total. The molecule has 0 unspecified atom stereocenters. The van der Waals surface area contributed by atoms with Crippen molar-refractivity contribution in [3.8, 4) is 0 Å². The summed E-state index contributed by atoms with van der Waals surface area (Å²) in [6.07, 6.45) is 0.